The van der Waals surface area contributed by atoms with Crippen LogP contribution in [0.25, 0.3) is 6.08 Å². The van der Waals surface area contributed by atoms with Gasteiger partial charge in [0.25, 0.3) is 0 Å². The molecular weight excluding hydrogens is 182 g/mol. The maximum Gasteiger partial charge on any atom is 0.0187 e. The van der Waals surface area contributed by atoms with Crippen LogP contribution in [0, 0.1) is 0 Å². The van der Waals surface area contributed by atoms with E-state index in [4.69, 9.17) is 0 Å². The summed E-state index contributed by atoms with van der Waals surface area (Å²) < 4.78 is 0. The Morgan fingerprint density at radius 3 is 2.53 bits per heavy atom. The summed E-state index contributed by atoms with van der Waals surface area (Å²) in [5, 5.41) is 0. The van der Waals surface area contributed by atoms with E-state index in [1.165, 1.54) is 11.1 Å². The molecule has 1 aromatic rings. The van der Waals surface area contributed by atoms with Crippen molar-refractivity contribution < 1.29 is 0 Å². The van der Waals surface area contributed by atoms with E-state index in [0.717, 1.165) is 13.0 Å². The first kappa shape index (κ1) is 11.7. The molecule has 0 saturated carbocycles. The van der Waals surface area contributed by atoms with Crippen LogP contribution in [0.3, 0.4) is 0 Å². The average molecular weight is 201 g/mol. The van der Waals surface area contributed by atoms with Gasteiger partial charge in [-0.25, -0.2) is 0 Å². The molecule has 0 aromatic heterocycles. The second-order valence-electron chi connectivity index (χ2n) is 4.00. The molecule has 1 aromatic carbocycles. The fourth-order valence-electron chi connectivity index (χ4n) is 1.44. The third-order valence-corrected chi connectivity index (χ3v) is 2.06. The van der Waals surface area contributed by atoms with Crippen LogP contribution >= 0.6 is 0 Å². The van der Waals surface area contributed by atoms with Gasteiger partial charge in [0.15, 0.2) is 0 Å². The summed E-state index contributed by atoms with van der Waals surface area (Å²) in [5.74, 6) is 0. The third kappa shape index (κ3) is 5.18. The molecule has 0 saturated heterocycles. The molecule has 0 aliphatic carbocycles. The van der Waals surface area contributed by atoms with E-state index < -0.39 is 0 Å². The smallest absolute Gasteiger partial charge is 0.0187 e. The summed E-state index contributed by atoms with van der Waals surface area (Å²) in [6.07, 6.45) is 5.26. The van der Waals surface area contributed by atoms with Gasteiger partial charge in [0.2, 0.25) is 0 Å². The lowest BCUT2D eigenvalue weighted by molar-refractivity contribution is 0.443. The van der Waals surface area contributed by atoms with Crippen molar-refractivity contribution in [3.63, 3.8) is 0 Å². The largest absolute Gasteiger partial charge is 0.305 e. The maximum absolute atomic E-state index is 4.03. The SMILES string of the molecule is C=C(CC=Cc1ccccc1)CN(C)C. The van der Waals surface area contributed by atoms with Gasteiger partial charge < -0.3 is 4.90 Å². The van der Waals surface area contributed by atoms with E-state index in [-0.39, 0.29) is 0 Å². The molecule has 1 heteroatoms. The van der Waals surface area contributed by atoms with Gasteiger partial charge in [-0.1, -0.05) is 54.6 Å². The number of allylic oxidation sites excluding steroid dienone is 1. The molecule has 0 spiro atoms. The first-order valence-corrected chi connectivity index (χ1v) is 5.21. The van der Waals surface area contributed by atoms with Gasteiger partial charge in [-0.2, -0.15) is 0 Å². The first-order chi connectivity index (χ1) is 7.18. The molecule has 0 radical (unpaired) electrons. The summed E-state index contributed by atoms with van der Waals surface area (Å²) >= 11 is 0. The Hall–Kier alpha value is -1.34. The van der Waals surface area contributed by atoms with Crippen molar-refractivity contribution in [3.05, 3.63) is 54.1 Å². The molecule has 0 atom stereocenters. The standard InChI is InChI=1S/C14H19N/c1-13(12-15(2)3)8-7-11-14-9-5-4-6-10-14/h4-7,9-11H,1,8,12H2,2-3H3. The Bertz CT molecular complexity index is 322. The van der Waals surface area contributed by atoms with Gasteiger partial charge in [0, 0.05) is 6.54 Å². The molecule has 0 N–H and O–H groups in total. The summed E-state index contributed by atoms with van der Waals surface area (Å²) in [5.41, 5.74) is 2.49. The van der Waals surface area contributed by atoms with Crippen molar-refractivity contribution in [2.24, 2.45) is 0 Å². The lowest BCUT2D eigenvalue weighted by Gasteiger charge is -2.09. The molecule has 0 fully saturated rings. The molecule has 80 valence electrons. The fraction of sp³-hybridized carbons (Fsp3) is 0.286. The molecule has 0 unspecified atom stereocenters. The summed E-state index contributed by atoms with van der Waals surface area (Å²) in [7, 11) is 4.12. The second kappa shape index (κ2) is 6.20. The van der Waals surface area contributed by atoms with Crippen LogP contribution in [-0.4, -0.2) is 25.5 Å². The second-order valence-corrected chi connectivity index (χ2v) is 4.00. The van der Waals surface area contributed by atoms with E-state index >= 15 is 0 Å². The zero-order chi connectivity index (χ0) is 11.1. The minimum absolute atomic E-state index is 0.951. The van der Waals surface area contributed by atoms with Gasteiger partial charge >= 0.3 is 0 Å². The Kier molecular flexibility index (Phi) is 4.85. The van der Waals surface area contributed by atoms with E-state index in [0.29, 0.717) is 0 Å². The predicted octanol–water partition coefficient (Wildman–Crippen LogP) is 3.21. The molecule has 0 bridgehead atoms. The molecule has 0 heterocycles. The molecule has 1 nitrogen and oxygen atoms in total. The molecule has 15 heavy (non-hydrogen) atoms. The van der Waals surface area contributed by atoms with Crippen LogP contribution in [-0.2, 0) is 0 Å². The number of likely N-dealkylation sites (N-methyl/N-ethyl adjacent to an activating group) is 1. The zero-order valence-corrected chi connectivity index (χ0v) is 9.61. The lowest BCUT2D eigenvalue weighted by atomic mass is 10.1. The van der Waals surface area contributed by atoms with E-state index in [9.17, 15) is 0 Å². The van der Waals surface area contributed by atoms with Crippen LogP contribution < -0.4 is 0 Å². The van der Waals surface area contributed by atoms with Crippen molar-refractivity contribution in [2.75, 3.05) is 20.6 Å². The van der Waals surface area contributed by atoms with E-state index in [1.54, 1.807) is 0 Å². The predicted molar refractivity (Wildman–Crippen MR) is 67.8 cm³/mol. The number of benzene rings is 1. The normalized spacial score (nSPS) is 11.1. The Labute approximate surface area is 92.7 Å². The summed E-state index contributed by atoms with van der Waals surface area (Å²) in [6, 6.07) is 10.3. The van der Waals surface area contributed by atoms with Crippen molar-refractivity contribution in [1.29, 1.82) is 0 Å². The minimum Gasteiger partial charge on any atom is -0.305 e. The Morgan fingerprint density at radius 1 is 1.27 bits per heavy atom. The Morgan fingerprint density at radius 2 is 1.93 bits per heavy atom. The highest BCUT2D eigenvalue weighted by molar-refractivity contribution is 5.49. The summed E-state index contributed by atoms with van der Waals surface area (Å²) in [6.45, 7) is 4.99. The van der Waals surface area contributed by atoms with Crippen LogP contribution in [0.5, 0.6) is 0 Å². The topological polar surface area (TPSA) is 3.24 Å². The number of rotatable bonds is 5. The van der Waals surface area contributed by atoms with Crippen LogP contribution in [0.15, 0.2) is 48.6 Å². The number of hydrogen-bond acceptors (Lipinski definition) is 1. The highest BCUT2D eigenvalue weighted by atomic mass is 15.0. The lowest BCUT2D eigenvalue weighted by Crippen LogP contribution is -2.14. The highest BCUT2D eigenvalue weighted by Crippen LogP contribution is 2.05. The first-order valence-electron chi connectivity index (χ1n) is 5.21. The van der Waals surface area contributed by atoms with Crippen LogP contribution in [0.4, 0.5) is 0 Å². The number of nitrogens with zero attached hydrogens (tertiary/aromatic N) is 1. The number of hydrogen-bond donors (Lipinski definition) is 0. The van der Waals surface area contributed by atoms with Gasteiger partial charge in [-0.15, -0.1) is 0 Å². The maximum atomic E-state index is 4.03. The van der Waals surface area contributed by atoms with Crippen molar-refractivity contribution in [2.45, 2.75) is 6.42 Å². The molecule has 0 amide bonds. The van der Waals surface area contributed by atoms with E-state index in [1.807, 2.05) is 18.2 Å². The van der Waals surface area contributed by atoms with Crippen LogP contribution in [0.1, 0.15) is 12.0 Å². The van der Waals surface area contributed by atoms with Gasteiger partial charge in [-0.3, -0.25) is 0 Å². The van der Waals surface area contributed by atoms with Gasteiger partial charge in [0.05, 0.1) is 0 Å². The molecule has 1 rings (SSSR count). The zero-order valence-electron chi connectivity index (χ0n) is 9.61. The fourth-order valence-corrected chi connectivity index (χ4v) is 1.44. The third-order valence-electron chi connectivity index (χ3n) is 2.06. The molecular formula is C14H19N. The van der Waals surface area contributed by atoms with Crippen molar-refractivity contribution in [1.82, 2.24) is 4.90 Å². The Balaban J connectivity index is 2.37. The monoisotopic (exact) mass is 201 g/mol. The molecule has 0 aliphatic rings. The highest BCUT2D eigenvalue weighted by Gasteiger charge is 1.93. The van der Waals surface area contributed by atoms with Gasteiger partial charge in [-0.05, 0) is 26.1 Å². The van der Waals surface area contributed by atoms with Gasteiger partial charge in [0.1, 0.15) is 0 Å². The average Bonchev–Trinajstić information content (AvgIpc) is 2.18. The quantitative estimate of drug-likeness (QED) is 0.661. The summed E-state index contributed by atoms with van der Waals surface area (Å²) in [4.78, 5) is 2.14. The minimum atomic E-state index is 0.951. The van der Waals surface area contributed by atoms with Crippen molar-refractivity contribution >= 4 is 6.08 Å². The van der Waals surface area contributed by atoms with Crippen molar-refractivity contribution in [3.8, 4) is 0 Å². The van der Waals surface area contributed by atoms with E-state index in [2.05, 4.69) is 49.9 Å². The van der Waals surface area contributed by atoms with Crippen LogP contribution in [0.2, 0.25) is 0 Å². The molecule has 0 aliphatic heterocycles.